The molecule has 5 nitrogen and oxygen atoms in total. The number of nitrogens with two attached hydrogens (primary N) is 1. The van der Waals surface area contributed by atoms with Gasteiger partial charge >= 0.3 is 6.18 Å². The summed E-state index contributed by atoms with van der Waals surface area (Å²) in [5.41, 5.74) is 2.44. The molecule has 0 radical (unpaired) electrons. The van der Waals surface area contributed by atoms with Gasteiger partial charge in [-0.3, -0.25) is 0 Å². The van der Waals surface area contributed by atoms with Gasteiger partial charge in [0.15, 0.2) is 5.11 Å². The summed E-state index contributed by atoms with van der Waals surface area (Å²) in [6, 6.07) is 6.23. The fourth-order valence-electron chi connectivity index (χ4n) is 1.94. The standard InChI is InChI=1S/C12H12F3N3O2S/c1-20-8-4-2-7(3-5-8)9-6-11(19,12(13,14)15)18(17-9)10(16)21/h2-5,19H,6H2,1H3,(H2,16,21). The van der Waals surface area contributed by atoms with Crippen LogP contribution < -0.4 is 10.5 Å². The van der Waals surface area contributed by atoms with E-state index in [9.17, 15) is 18.3 Å². The van der Waals surface area contributed by atoms with Crippen molar-refractivity contribution in [2.24, 2.45) is 10.8 Å². The lowest BCUT2D eigenvalue weighted by Gasteiger charge is -2.32. The fourth-order valence-corrected chi connectivity index (χ4v) is 2.13. The van der Waals surface area contributed by atoms with E-state index in [1.807, 2.05) is 0 Å². The minimum Gasteiger partial charge on any atom is -0.497 e. The first-order valence-electron chi connectivity index (χ1n) is 5.80. The van der Waals surface area contributed by atoms with E-state index in [4.69, 9.17) is 10.5 Å². The van der Waals surface area contributed by atoms with Gasteiger partial charge in [0.1, 0.15) is 5.75 Å². The SMILES string of the molecule is COc1ccc(C2=NN(C(N)=S)C(O)(C(F)(F)F)C2)cc1. The van der Waals surface area contributed by atoms with Crippen molar-refractivity contribution in [3.8, 4) is 5.75 Å². The summed E-state index contributed by atoms with van der Waals surface area (Å²) in [6.45, 7) is 0. The highest BCUT2D eigenvalue weighted by Gasteiger charge is 2.62. The second kappa shape index (κ2) is 5.15. The number of benzene rings is 1. The Bertz CT molecular complexity index is 588. The number of rotatable bonds is 2. The zero-order chi connectivity index (χ0) is 15.8. The Balaban J connectivity index is 2.38. The first-order chi connectivity index (χ1) is 9.69. The zero-order valence-corrected chi connectivity index (χ0v) is 11.7. The van der Waals surface area contributed by atoms with E-state index in [-0.39, 0.29) is 10.7 Å². The predicted octanol–water partition coefficient (Wildman–Crippen LogP) is 1.60. The number of nitrogens with zero attached hydrogens (tertiary/aromatic N) is 2. The second-order valence-corrected chi connectivity index (χ2v) is 4.83. The number of methoxy groups -OCH3 is 1. The first-order valence-corrected chi connectivity index (χ1v) is 6.20. The van der Waals surface area contributed by atoms with E-state index >= 15 is 0 Å². The number of ether oxygens (including phenoxy) is 1. The Morgan fingerprint density at radius 2 is 2.00 bits per heavy atom. The quantitative estimate of drug-likeness (QED) is 0.810. The minimum absolute atomic E-state index is 0.0327. The molecule has 21 heavy (non-hydrogen) atoms. The van der Waals surface area contributed by atoms with Crippen LogP contribution in [-0.2, 0) is 0 Å². The number of halogens is 3. The van der Waals surface area contributed by atoms with Crippen LogP contribution in [0.1, 0.15) is 12.0 Å². The fraction of sp³-hybridized carbons (Fsp3) is 0.333. The smallest absolute Gasteiger partial charge is 0.438 e. The monoisotopic (exact) mass is 319 g/mol. The van der Waals surface area contributed by atoms with Gasteiger partial charge < -0.3 is 15.6 Å². The molecule has 0 aromatic heterocycles. The largest absolute Gasteiger partial charge is 0.497 e. The molecular weight excluding hydrogens is 307 g/mol. The van der Waals surface area contributed by atoms with Gasteiger partial charge in [-0.25, -0.2) is 0 Å². The molecule has 1 heterocycles. The molecule has 1 unspecified atom stereocenters. The highest BCUT2D eigenvalue weighted by Crippen LogP contribution is 2.41. The Hall–Kier alpha value is -1.87. The van der Waals surface area contributed by atoms with Crippen LogP contribution in [0.4, 0.5) is 13.2 Å². The second-order valence-electron chi connectivity index (χ2n) is 4.42. The summed E-state index contributed by atoms with van der Waals surface area (Å²) < 4.78 is 44.2. The van der Waals surface area contributed by atoms with Crippen molar-refractivity contribution in [2.75, 3.05) is 7.11 Å². The van der Waals surface area contributed by atoms with Gasteiger partial charge in [0.2, 0.25) is 0 Å². The third-order valence-corrected chi connectivity index (χ3v) is 3.24. The van der Waals surface area contributed by atoms with Crippen molar-refractivity contribution in [2.45, 2.75) is 18.3 Å². The normalized spacial score (nSPS) is 22.1. The summed E-state index contributed by atoms with van der Waals surface area (Å²) in [6.07, 6.45) is -5.71. The molecule has 0 fully saturated rings. The Kier molecular flexibility index (Phi) is 3.81. The van der Waals surface area contributed by atoms with E-state index in [2.05, 4.69) is 17.3 Å². The molecule has 0 aliphatic carbocycles. The van der Waals surface area contributed by atoms with Crippen molar-refractivity contribution >= 4 is 23.0 Å². The van der Waals surface area contributed by atoms with E-state index < -0.39 is 23.4 Å². The van der Waals surface area contributed by atoms with Gasteiger partial charge in [0.05, 0.1) is 19.2 Å². The molecule has 1 aliphatic rings. The number of thiocarbonyl (C=S) groups is 1. The molecule has 3 N–H and O–H groups in total. The molecule has 0 bridgehead atoms. The number of hydrazone groups is 1. The third-order valence-electron chi connectivity index (χ3n) is 3.07. The molecule has 1 atom stereocenters. The van der Waals surface area contributed by atoms with Crippen LogP contribution in [-0.4, -0.2) is 40.0 Å². The summed E-state index contributed by atoms with van der Waals surface area (Å²) in [7, 11) is 1.47. The number of alkyl halides is 3. The lowest BCUT2D eigenvalue weighted by atomic mass is 10.0. The highest BCUT2D eigenvalue weighted by molar-refractivity contribution is 7.80. The van der Waals surface area contributed by atoms with Gasteiger partial charge in [-0.05, 0) is 42.0 Å². The van der Waals surface area contributed by atoms with Gasteiger partial charge in [-0.2, -0.15) is 23.3 Å². The van der Waals surface area contributed by atoms with E-state index in [0.717, 1.165) is 0 Å². The van der Waals surface area contributed by atoms with Crippen molar-refractivity contribution in [3.05, 3.63) is 29.8 Å². The molecule has 0 amide bonds. The Labute approximate surface area is 123 Å². The summed E-state index contributed by atoms with van der Waals surface area (Å²) >= 11 is 4.53. The molecule has 9 heteroatoms. The number of hydrogen-bond donors (Lipinski definition) is 2. The molecule has 0 saturated carbocycles. The summed E-state index contributed by atoms with van der Waals surface area (Å²) in [5.74, 6) is 0.551. The highest BCUT2D eigenvalue weighted by atomic mass is 32.1. The maximum atomic E-state index is 13.1. The molecule has 0 saturated heterocycles. The van der Waals surface area contributed by atoms with E-state index in [0.29, 0.717) is 11.3 Å². The van der Waals surface area contributed by atoms with E-state index in [1.54, 1.807) is 12.1 Å². The van der Waals surface area contributed by atoms with Crippen LogP contribution in [0.2, 0.25) is 0 Å². The molecule has 114 valence electrons. The molecule has 0 spiro atoms. The average Bonchev–Trinajstić information content (AvgIpc) is 2.78. The Morgan fingerprint density at radius 1 is 1.43 bits per heavy atom. The van der Waals surface area contributed by atoms with Crippen molar-refractivity contribution in [3.63, 3.8) is 0 Å². The maximum Gasteiger partial charge on any atom is 0.438 e. The van der Waals surface area contributed by atoms with E-state index in [1.165, 1.54) is 19.2 Å². The lowest BCUT2D eigenvalue weighted by molar-refractivity contribution is -0.294. The van der Waals surface area contributed by atoms with Crippen LogP contribution in [0, 0.1) is 0 Å². The van der Waals surface area contributed by atoms with Crippen LogP contribution in [0.25, 0.3) is 0 Å². The number of hydrogen-bond acceptors (Lipinski definition) is 4. The zero-order valence-electron chi connectivity index (χ0n) is 10.9. The topological polar surface area (TPSA) is 71.1 Å². The predicted molar refractivity (Wildman–Crippen MR) is 73.8 cm³/mol. The lowest BCUT2D eigenvalue weighted by Crippen LogP contribution is -2.57. The van der Waals surface area contributed by atoms with Gasteiger partial charge in [0.25, 0.3) is 5.72 Å². The third kappa shape index (κ3) is 2.66. The minimum atomic E-state index is -4.95. The van der Waals surface area contributed by atoms with Crippen molar-refractivity contribution < 1.29 is 23.0 Å². The van der Waals surface area contributed by atoms with Crippen LogP contribution in [0.5, 0.6) is 5.75 Å². The van der Waals surface area contributed by atoms with Gasteiger partial charge in [-0.15, -0.1) is 0 Å². The molecule has 2 rings (SSSR count). The van der Waals surface area contributed by atoms with Crippen LogP contribution >= 0.6 is 12.2 Å². The van der Waals surface area contributed by atoms with Crippen LogP contribution in [0.15, 0.2) is 29.4 Å². The van der Waals surface area contributed by atoms with Gasteiger partial charge in [-0.1, -0.05) is 0 Å². The molecule has 1 aromatic rings. The first kappa shape index (κ1) is 15.5. The van der Waals surface area contributed by atoms with Crippen LogP contribution in [0.3, 0.4) is 0 Å². The summed E-state index contributed by atoms with van der Waals surface area (Å²) in [4.78, 5) is 0. The van der Waals surface area contributed by atoms with Crippen molar-refractivity contribution in [1.82, 2.24) is 5.01 Å². The molecule has 1 aromatic carbocycles. The number of aliphatic hydroxyl groups is 1. The van der Waals surface area contributed by atoms with Crippen molar-refractivity contribution in [1.29, 1.82) is 0 Å². The Morgan fingerprint density at radius 3 is 2.38 bits per heavy atom. The molecule has 1 aliphatic heterocycles. The molecular formula is C12H12F3N3O2S. The maximum absolute atomic E-state index is 13.1. The van der Waals surface area contributed by atoms with Gasteiger partial charge in [0, 0.05) is 0 Å². The average molecular weight is 319 g/mol. The summed E-state index contributed by atoms with van der Waals surface area (Å²) in [5, 5.41) is 13.2.